The van der Waals surface area contributed by atoms with E-state index in [-0.39, 0.29) is 5.54 Å². The van der Waals surface area contributed by atoms with E-state index in [0.29, 0.717) is 18.4 Å². The molecule has 3 nitrogen and oxygen atoms in total. The summed E-state index contributed by atoms with van der Waals surface area (Å²) in [6.07, 6.45) is 5.03. The summed E-state index contributed by atoms with van der Waals surface area (Å²) in [5.41, 5.74) is 7.51. The first-order valence-corrected chi connectivity index (χ1v) is 8.13. The van der Waals surface area contributed by atoms with Crippen LogP contribution in [0.5, 0.6) is 5.75 Å². The molecule has 0 bridgehead atoms. The number of para-hydroxylation sites is 2. The minimum atomic E-state index is 0.0427. The Hall–Kier alpha value is -1.22. The van der Waals surface area contributed by atoms with Crippen LogP contribution in [-0.4, -0.2) is 26.2 Å². The lowest BCUT2D eigenvalue weighted by Gasteiger charge is -2.52. The zero-order valence-corrected chi connectivity index (χ0v) is 13.9. The fourth-order valence-corrected chi connectivity index (χ4v) is 4.16. The van der Waals surface area contributed by atoms with Crippen LogP contribution in [0.4, 0.5) is 5.69 Å². The molecule has 0 saturated heterocycles. The molecule has 0 aliphatic heterocycles. The largest absolute Gasteiger partial charge is 0.495 e. The number of rotatable bonds is 5. The van der Waals surface area contributed by atoms with Gasteiger partial charge in [-0.1, -0.05) is 38.8 Å². The molecule has 3 heteroatoms. The van der Waals surface area contributed by atoms with Gasteiger partial charge in [0.2, 0.25) is 0 Å². The Morgan fingerprint density at radius 2 is 2.05 bits per heavy atom. The van der Waals surface area contributed by atoms with Crippen LogP contribution in [0.1, 0.15) is 39.5 Å². The van der Waals surface area contributed by atoms with Crippen LogP contribution in [0.15, 0.2) is 24.3 Å². The van der Waals surface area contributed by atoms with Crippen molar-refractivity contribution in [1.29, 1.82) is 0 Å². The van der Waals surface area contributed by atoms with Crippen LogP contribution in [-0.2, 0) is 0 Å². The molecule has 2 atom stereocenters. The lowest BCUT2D eigenvalue weighted by Crippen LogP contribution is -2.60. The van der Waals surface area contributed by atoms with Crippen molar-refractivity contribution in [3.63, 3.8) is 0 Å². The third kappa shape index (κ3) is 2.89. The molecule has 118 valence electrons. The van der Waals surface area contributed by atoms with E-state index < -0.39 is 0 Å². The van der Waals surface area contributed by atoms with Crippen LogP contribution < -0.4 is 15.4 Å². The maximum atomic E-state index is 6.31. The molecular formula is C18H30N2O. The number of hydrogen-bond donors (Lipinski definition) is 1. The number of anilines is 1. The molecule has 0 radical (unpaired) electrons. The van der Waals surface area contributed by atoms with E-state index in [1.54, 1.807) is 7.11 Å². The Kier molecular flexibility index (Phi) is 5.15. The molecule has 1 fully saturated rings. The molecule has 1 aromatic rings. The number of nitrogens with two attached hydrogens (primary N) is 1. The van der Waals surface area contributed by atoms with E-state index >= 15 is 0 Å². The predicted molar refractivity (Wildman–Crippen MR) is 90.0 cm³/mol. The highest BCUT2D eigenvalue weighted by atomic mass is 16.5. The second-order valence-electron chi connectivity index (χ2n) is 6.63. The van der Waals surface area contributed by atoms with Crippen molar-refractivity contribution >= 4 is 5.69 Å². The Bertz CT molecular complexity index is 460. The molecule has 0 spiro atoms. The molecule has 1 saturated carbocycles. The SMILES string of the molecule is COc1ccccc1N(C)C1(CN)CCCCC1C(C)C. The van der Waals surface area contributed by atoms with Crippen LogP contribution >= 0.6 is 0 Å². The fraction of sp³-hybridized carbons (Fsp3) is 0.667. The highest BCUT2D eigenvalue weighted by Crippen LogP contribution is 2.44. The van der Waals surface area contributed by atoms with Gasteiger partial charge in [-0.15, -0.1) is 0 Å². The highest BCUT2D eigenvalue weighted by Gasteiger charge is 2.44. The van der Waals surface area contributed by atoms with Crippen LogP contribution in [0.2, 0.25) is 0 Å². The topological polar surface area (TPSA) is 38.5 Å². The molecule has 2 rings (SSSR count). The predicted octanol–water partition coefficient (Wildman–Crippen LogP) is 3.68. The highest BCUT2D eigenvalue weighted by molar-refractivity contribution is 5.60. The van der Waals surface area contributed by atoms with E-state index in [2.05, 4.69) is 37.9 Å². The Balaban J connectivity index is 2.42. The molecular weight excluding hydrogens is 260 g/mol. The number of hydrogen-bond acceptors (Lipinski definition) is 3. The van der Waals surface area contributed by atoms with Gasteiger partial charge in [-0.2, -0.15) is 0 Å². The zero-order valence-electron chi connectivity index (χ0n) is 13.9. The normalized spacial score (nSPS) is 25.9. The Morgan fingerprint density at radius 1 is 1.33 bits per heavy atom. The van der Waals surface area contributed by atoms with E-state index in [9.17, 15) is 0 Å². The number of likely N-dealkylation sites (N-methyl/N-ethyl adjacent to an activating group) is 1. The monoisotopic (exact) mass is 290 g/mol. The average molecular weight is 290 g/mol. The molecule has 21 heavy (non-hydrogen) atoms. The van der Waals surface area contributed by atoms with Crippen LogP contribution in [0.25, 0.3) is 0 Å². The summed E-state index contributed by atoms with van der Waals surface area (Å²) in [4.78, 5) is 2.40. The van der Waals surface area contributed by atoms with Crippen LogP contribution in [0.3, 0.4) is 0 Å². The quantitative estimate of drug-likeness (QED) is 0.899. The summed E-state index contributed by atoms with van der Waals surface area (Å²) >= 11 is 0. The second-order valence-corrected chi connectivity index (χ2v) is 6.63. The van der Waals surface area contributed by atoms with Crippen molar-refractivity contribution in [3.8, 4) is 5.75 Å². The maximum absolute atomic E-state index is 6.31. The lowest BCUT2D eigenvalue weighted by atomic mass is 9.67. The maximum Gasteiger partial charge on any atom is 0.142 e. The van der Waals surface area contributed by atoms with Gasteiger partial charge in [0.15, 0.2) is 0 Å². The van der Waals surface area contributed by atoms with E-state index in [0.717, 1.165) is 11.4 Å². The van der Waals surface area contributed by atoms with E-state index in [4.69, 9.17) is 10.5 Å². The van der Waals surface area contributed by atoms with Crippen molar-refractivity contribution in [2.45, 2.75) is 45.1 Å². The summed E-state index contributed by atoms with van der Waals surface area (Å²) in [6, 6.07) is 8.27. The molecule has 0 aromatic heterocycles. The first kappa shape index (κ1) is 16.2. The Morgan fingerprint density at radius 3 is 2.67 bits per heavy atom. The molecule has 2 unspecified atom stereocenters. The van der Waals surface area contributed by atoms with Crippen molar-refractivity contribution in [1.82, 2.24) is 0 Å². The van der Waals surface area contributed by atoms with Gasteiger partial charge in [0.25, 0.3) is 0 Å². The minimum absolute atomic E-state index is 0.0427. The van der Waals surface area contributed by atoms with Gasteiger partial charge in [-0.3, -0.25) is 0 Å². The number of benzene rings is 1. The first-order chi connectivity index (χ1) is 10.1. The molecule has 2 N–H and O–H groups in total. The molecule has 0 amide bonds. The van der Waals surface area contributed by atoms with Crippen molar-refractivity contribution in [2.24, 2.45) is 17.6 Å². The molecule has 1 aliphatic rings. The molecule has 1 aromatic carbocycles. The number of nitrogens with zero attached hydrogens (tertiary/aromatic N) is 1. The first-order valence-electron chi connectivity index (χ1n) is 8.13. The average Bonchev–Trinajstić information content (AvgIpc) is 2.53. The van der Waals surface area contributed by atoms with Gasteiger partial charge < -0.3 is 15.4 Å². The second kappa shape index (κ2) is 6.69. The smallest absolute Gasteiger partial charge is 0.142 e. The minimum Gasteiger partial charge on any atom is -0.495 e. The summed E-state index contributed by atoms with van der Waals surface area (Å²) in [5.74, 6) is 2.21. The third-order valence-electron chi connectivity index (χ3n) is 5.34. The summed E-state index contributed by atoms with van der Waals surface area (Å²) < 4.78 is 5.56. The van der Waals surface area contributed by atoms with Gasteiger partial charge in [0.1, 0.15) is 5.75 Å². The van der Waals surface area contributed by atoms with E-state index in [1.165, 1.54) is 25.7 Å². The number of methoxy groups -OCH3 is 1. The van der Waals surface area contributed by atoms with Crippen LogP contribution in [0, 0.1) is 11.8 Å². The van der Waals surface area contributed by atoms with Gasteiger partial charge in [-0.25, -0.2) is 0 Å². The van der Waals surface area contributed by atoms with Gasteiger partial charge in [0, 0.05) is 13.6 Å². The fourth-order valence-electron chi connectivity index (χ4n) is 4.16. The summed E-state index contributed by atoms with van der Waals surface area (Å²) in [6.45, 7) is 5.36. The lowest BCUT2D eigenvalue weighted by molar-refractivity contribution is 0.141. The standard InChI is InChI=1S/C18H30N2O/c1-14(2)15-9-7-8-12-18(15,13-19)20(3)16-10-5-6-11-17(16)21-4/h5-6,10-11,14-15H,7-9,12-13,19H2,1-4H3. The Labute approximate surface area is 129 Å². The van der Waals surface area contributed by atoms with Gasteiger partial charge >= 0.3 is 0 Å². The summed E-state index contributed by atoms with van der Waals surface area (Å²) in [7, 11) is 3.92. The zero-order chi connectivity index (χ0) is 15.5. The molecule has 1 aliphatic carbocycles. The number of ether oxygens (including phenoxy) is 1. The van der Waals surface area contributed by atoms with Crippen molar-refractivity contribution < 1.29 is 4.74 Å². The van der Waals surface area contributed by atoms with Crippen molar-refractivity contribution in [2.75, 3.05) is 25.6 Å². The third-order valence-corrected chi connectivity index (χ3v) is 5.34. The van der Waals surface area contributed by atoms with Gasteiger partial charge in [0.05, 0.1) is 18.3 Å². The van der Waals surface area contributed by atoms with Crippen molar-refractivity contribution in [3.05, 3.63) is 24.3 Å². The van der Waals surface area contributed by atoms with Gasteiger partial charge in [-0.05, 0) is 36.8 Å². The summed E-state index contributed by atoms with van der Waals surface area (Å²) in [5, 5.41) is 0. The van der Waals surface area contributed by atoms with E-state index in [1.807, 2.05) is 12.1 Å². The molecule has 0 heterocycles.